The van der Waals surface area contributed by atoms with E-state index in [9.17, 15) is 14.4 Å². The van der Waals surface area contributed by atoms with Crippen LogP contribution in [0.2, 0.25) is 0 Å². The zero-order valence-electron chi connectivity index (χ0n) is 11.2. The summed E-state index contributed by atoms with van der Waals surface area (Å²) in [4.78, 5) is 37.0. The quantitative estimate of drug-likeness (QED) is 0.737. The molecule has 1 heterocycles. The first-order valence-corrected chi connectivity index (χ1v) is 6.44. The summed E-state index contributed by atoms with van der Waals surface area (Å²) in [7, 11) is 0. The van der Waals surface area contributed by atoms with Crippen molar-refractivity contribution in [3.8, 4) is 0 Å². The summed E-state index contributed by atoms with van der Waals surface area (Å²) in [5.41, 5.74) is 6.76. The number of amides is 1. The van der Waals surface area contributed by atoms with Gasteiger partial charge >= 0.3 is 0 Å². The average Bonchev–Trinajstić information content (AvgIpc) is 2.40. The second kappa shape index (κ2) is 4.99. The monoisotopic (exact) mass is 262 g/mol. The predicted octanol–water partition coefficient (Wildman–Crippen LogP) is 0.556. The second-order valence-corrected chi connectivity index (χ2v) is 5.14. The summed E-state index contributed by atoms with van der Waals surface area (Å²) >= 11 is 0. The maximum atomic E-state index is 12.2. The smallest absolute Gasteiger partial charge is 0.220 e. The zero-order chi connectivity index (χ0) is 14.2. The van der Waals surface area contributed by atoms with Crippen LogP contribution in [0, 0.1) is 5.92 Å². The molecule has 1 aliphatic heterocycles. The van der Waals surface area contributed by atoms with Crippen molar-refractivity contribution >= 4 is 17.5 Å². The molecule has 1 saturated heterocycles. The number of allylic oxidation sites excluding steroid dienone is 3. The Morgan fingerprint density at radius 3 is 2.32 bits per heavy atom. The van der Waals surface area contributed by atoms with Gasteiger partial charge in [-0.2, -0.15) is 0 Å². The van der Waals surface area contributed by atoms with Crippen molar-refractivity contribution in [1.29, 1.82) is 0 Å². The van der Waals surface area contributed by atoms with Crippen molar-refractivity contribution in [2.75, 3.05) is 13.1 Å². The Labute approximate surface area is 112 Å². The van der Waals surface area contributed by atoms with Crippen molar-refractivity contribution in [1.82, 2.24) is 4.90 Å². The molecular formula is C14H18N2O3. The fourth-order valence-electron chi connectivity index (χ4n) is 2.48. The predicted molar refractivity (Wildman–Crippen MR) is 70.0 cm³/mol. The number of primary amides is 1. The third-order valence-electron chi connectivity index (χ3n) is 4.01. The molecule has 2 N–H and O–H groups in total. The van der Waals surface area contributed by atoms with Gasteiger partial charge < -0.3 is 10.6 Å². The van der Waals surface area contributed by atoms with Gasteiger partial charge in [0.05, 0.1) is 5.70 Å². The van der Waals surface area contributed by atoms with Crippen LogP contribution in [0.15, 0.2) is 22.9 Å². The molecule has 1 amide bonds. The summed E-state index contributed by atoms with van der Waals surface area (Å²) in [6.07, 6.45) is 2.68. The molecule has 102 valence electrons. The fourth-order valence-corrected chi connectivity index (χ4v) is 2.48. The van der Waals surface area contributed by atoms with Gasteiger partial charge in [-0.3, -0.25) is 14.4 Å². The number of rotatable bonds is 2. The summed E-state index contributed by atoms with van der Waals surface area (Å²) < 4.78 is 0. The maximum absolute atomic E-state index is 12.2. The summed E-state index contributed by atoms with van der Waals surface area (Å²) in [5.74, 6) is -0.602. The van der Waals surface area contributed by atoms with Crippen molar-refractivity contribution in [2.24, 2.45) is 11.7 Å². The van der Waals surface area contributed by atoms with Gasteiger partial charge in [0.25, 0.3) is 0 Å². The van der Waals surface area contributed by atoms with Gasteiger partial charge in [-0.1, -0.05) is 0 Å². The molecule has 19 heavy (non-hydrogen) atoms. The number of hydrogen-bond donors (Lipinski definition) is 1. The number of piperidine rings is 1. The molecule has 0 atom stereocenters. The van der Waals surface area contributed by atoms with Crippen molar-refractivity contribution in [2.45, 2.75) is 26.7 Å². The molecule has 0 aromatic carbocycles. The topological polar surface area (TPSA) is 80.5 Å². The van der Waals surface area contributed by atoms with Gasteiger partial charge in [0.2, 0.25) is 11.7 Å². The SMILES string of the molecule is CC1=C(C)C(=O)C(N2CCC(C(N)=O)CC2)=CC1=O. The highest BCUT2D eigenvalue weighted by Crippen LogP contribution is 2.25. The number of hydrogen-bond acceptors (Lipinski definition) is 4. The van der Waals surface area contributed by atoms with Gasteiger partial charge in [-0.05, 0) is 26.7 Å². The molecule has 2 rings (SSSR count). The Morgan fingerprint density at radius 2 is 1.79 bits per heavy atom. The lowest BCUT2D eigenvalue weighted by atomic mass is 9.91. The van der Waals surface area contributed by atoms with E-state index in [0.717, 1.165) is 0 Å². The lowest BCUT2D eigenvalue weighted by Crippen LogP contribution is -2.40. The normalized spacial score (nSPS) is 21.8. The van der Waals surface area contributed by atoms with Gasteiger partial charge in [-0.25, -0.2) is 0 Å². The lowest BCUT2D eigenvalue weighted by Gasteiger charge is -2.34. The summed E-state index contributed by atoms with van der Waals surface area (Å²) in [6, 6.07) is 0. The Bertz CT molecular complexity index is 509. The molecule has 0 aromatic heterocycles. The Balaban J connectivity index is 2.13. The maximum Gasteiger partial charge on any atom is 0.220 e. The molecule has 0 aromatic rings. The van der Waals surface area contributed by atoms with Crippen LogP contribution >= 0.6 is 0 Å². The molecule has 0 saturated carbocycles. The first-order chi connectivity index (χ1) is 8.91. The molecule has 1 fully saturated rings. The second-order valence-electron chi connectivity index (χ2n) is 5.14. The summed E-state index contributed by atoms with van der Waals surface area (Å²) in [6.45, 7) is 4.52. The van der Waals surface area contributed by atoms with Crippen LogP contribution in [-0.2, 0) is 14.4 Å². The fraction of sp³-hybridized carbons (Fsp3) is 0.500. The van der Waals surface area contributed by atoms with Crippen LogP contribution < -0.4 is 5.73 Å². The van der Waals surface area contributed by atoms with E-state index in [1.807, 2.05) is 4.90 Å². The minimum absolute atomic E-state index is 0.0883. The number of likely N-dealkylation sites (tertiary alicyclic amines) is 1. The van der Waals surface area contributed by atoms with E-state index in [2.05, 4.69) is 0 Å². The standard InChI is InChI=1S/C14H18N2O3/c1-8-9(2)13(18)11(7-12(8)17)16-5-3-10(4-6-16)14(15)19/h7,10H,3-6H2,1-2H3,(H2,15,19). The first kappa shape index (κ1) is 13.5. The molecule has 0 bridgehead atoms. The Kier molecular flexibility index (Phi) is 3.55. The number of Topliss-reactive ketones (excluding diaryl/α,β-unsaturated/α-hetero) is 1. The number of ketones is 2. The average molecular weight is 262 g/mol. The molecule has 0 unspecified atom stereocenters. The van der Waals surface area contributed by atoms with Crippen molar-refractivity contribution in [3.05, 3.63) is 22.9 Å². The van der Waals surface area contributed by atoms with E-state index in [0.29, 0.717) is 42.8 Å². The van der Waals surface area contributed by atoms with Crippen molar-refractivity contribution in [3.63, 3.8) is 0 Å². The number of carbonyl (C=O) groups is 3. The Hall–Kier alpha value is -1.91. The highest BCUT2D eigenvalue weighted by atomic mass is 16.1. The molecule has 1 aliphatic carbocycles. The van der Waals surface area contributed by atoms with Crippen molar-refractivity contribution < 1.29 is 14.4 Å². The highest BCUT2D eigenvalue weighted by Gasteiger charge is 2.30. The largest absolute Gasteiger partial charge is 0.369 e. The molecule has 5 nitrogen and oxygen atoms in total. The number of nitrogens with zero attached hydrogens (tertiary/aromatic N) is 1. The molecule has 0 radical (unpaired) electrons. The van der Waals surface area contributed by atoms with Crippen LogP contribution in [0.25, 0.3) is 0 Å². The number of nitrogens with two attached hydrogens (primary N) is 1. The van der Waals surface area contributed by atoms with Crippen LogP contribution in [0.4, 0.5) is 0 Å². The van der Waals surface area contributed by atoms with E-state index in [1.54, 1.807) is 13.8 Å². The van der Waals surface area contributed by atoms with Gasteiger partial charge in [-0.15, -0.1) is 0 Å². The lowest BCUT2D eigenvalue weighted by molar-refractivity contribution is -0.123. The Morgan fingerprint density at radius 1 is 1.21 bits per heavy atom. The van der Waals surface area contributed by atoms with Crippen LogP contribution in [0.1, 0.15) is 26.7 Å². The first-order valence-electron chi connectivity index (χ1n) is 6.44. The molecule has 5 heteroatoms. The van der Waals surface area contributed by atoms with Gasteiger partial charge in [0, 0.05) is 36.2 Å². The number of carbonyl (C=O) groups excluding carboxylic acids is 3. The highest BCUT2D eigenvalue weighted by molar-refractivity contribution is 6.21. The minimum Gasteiger partial charge on any atom is -0.369 e. The summed E-state index contributed by atoms with van der Waals surface area (Å²) in [5, 5.41) is 0. The van der Waals surface area contributed by atoms with Crippen LogP contribution in [0.5, 0.6) is 0 Å². The van der Waals surface area contributed by atoms with E-state index in [-0.39, 0.29) is 23.4 Å². The van der Waals surface area contributed by atoms with E-state index < -0.39 is 0 Å². The molecule has 0 spiro atoms. The molecular weight excluding hydrogens is 244 g/mol. The third kappa shape index (κ3) is 2.45. The van der Waals surface area contributed by atoms with Gasteiger partial charge in [0.1, 0.15) is 0 Å². The minimum atomic E-state index is -0.286. The van der Waals surface area contributed by atoms with E-state index in [1.165, 1.54) is 6.08 Å². The van der Waals surface area contributed by atoms with E-state index >= 15 is 0 Å². The third-order valence-corrected chi connectivity index (χ3v) is 4.01. The van der Waals surface area contributed by atoms with Crippen LogP contribution in [-0.4, -0.2) is 35.5 Å². The van der Waals surface area contributed by atoms with Crippen LogP contribution in [0.3, 0.4) is 0 Å². The molecule has 2 aliphatic rings. The zero-order valence-corrected chi connectivity index (χ0v) is 11.2. The van der Waals surface area contributed by atoms with E-state index in [4.69, 9.17) is 5.73 Å². The van der Waals surface area contributed by atoms with Gasteiger partial charge in [0.15, 0.2) is 5.78 Å².